The summed E-state index contributed by atoms with van der Waals surface area (Å²) in [6, 6.07) is 14.4. The van der Waals surface area contributed by atoms with Crippen LogP contribution in [0.4, 0.5) is 15.9 Å². The molecule has 1 amide bonds. The van der Waals surface area contributed by atoms with Crippen LogP contribution in [0.15, 0.2) is 59.9 Å². The Labute approximate surface area is 177 Å². The number of anilines is 2. The van der Waals surface area contributed by atoms with Crippen molar-refractivity contribution in [2.24, 2.45) is 0 Å². The van der Waals surface area contributed by atoms with Gasteiger partial charge in [0.05, 0.1) is 11.4 Å². The molecular weight excluding hydrogens is 411 g/mol. The van der Waals surface area contributed by atoms with Crippen LogP contribution in [0.1, 0.15) is 11.1 Å². The van der Waals surface area contributed by atoms with Gasteiger partial charge in [-0.3, -0.25) is 4.79 Å². The molecule has 0 aliphatic carbocycles. The van der Waals surface area contributed by atoms with Crippen LogP contribution in [0.5, 0.6) is 0 Å². The van der Waals surface area contributed by atoms with Gasteiger partial charge in [-0.05, 0) is 41.8 Å². The SMILES string of the molecule is O=C(CSc1nccc(N2CCc3ccccc3C2)n1)Nc1ccc(Cl)cc1F. The number of rotatable bonds is 5. The summed E-state index contributed by atoms with van der Waals surface area (Å²) < 4.78 is 13.8. The van der Waals surface area contributed by atoms with E-state index in [1.807, 2.05) is 12.1 Å². The number of carbonyl (C=O) groups excluding carboxylic acids is 1. The smallest absolute Gasteiger partial charge is 0.234 e. The first-order valence-corrected chi connectivity index (χ1v) is 10.5. The minimum absolute atomic E-state index is 0.0777. The summed E-state index contributed by atoms with van der Waals surface area (Å²) in [7, 11) is 0. The third kappa shape index (κ3) is 4.86. The molecule has 148 valence electrons. The first kappa shape index (κ1) is 19.7. The zero-order chi connectivity index (χ0) is 20.2. The lowest BCUT2D eigenvalue weighted by Crippen LogP contribution is -2.31. The normalized spacial score (nSPS) is 13.1. The molecule has 4 rings (SSSR count). The number of aromatic nitrogens is 2. The fraction of sp³-hybridized carbons (Fsp3) is 0.190. The average molecular weight is 429 g/mol. The van der Waals surface area contributed by atoms with Gasteiger partial charge in [0.2, 0.25) is 5.91 Å². The van der Waals surface area contributed by atoms with Crippen LogP contribution in [0.25, 0.3) is 0 Å². The third-order valence-corrected chi connectivity index (χ3v) is 5.71. The minimum atomic E-state index is -0.570. The van der Waals surface area contributed by atoms with Crippen LogP contribution in [0, 0.1) is 5.82 Å². The van der Waals surface area contributed by atoms with Crippen molar-refractivity contribution < 1.29 is 9.18 Å². The molecule has 0 unspecified atom stereocenters. The van der Waals surface area contributed by atoms with Gasteiger partial charge in [0, 0.05) is 24.3 Å². The van der Waals surface area contributed by atoms with Gasteiger partial charge in [0.25, 0.3) is 0 Å². The van der Waals surface area contributed by atoms with E-state index in [1.165, 1.54) is 35.0 Å². The molecule has 3 aromatic rings. The number of benzene rings is 2. The van der Waals surface area contributed by atoms with E-state index in [2.05, 4.69) is 38.4 Å². The summed E-state index contributed by atoms with van der Waals surface area (Å²) in [5.74, 6) is 0.00621. The number of nitrogens with zero attached hydrogens (tertiary/aromatic N) is 3. The van der Waals surface area contributed by atoms with Crippen molar-refractivity contribution in [3.05, 3.63) is 76.7 Å². The van der Waals surface area contributed by atoms with Crippen molar-refractivity contribution in [1.82, 2.24) is 9.97 Å². The molecule has 1 aromatic heterocycles. The Kier molecular flexibility index (Phi) is 5.97. The van der Waals surface area contributed by atoms with E-state index in [-0.39, 0.29) is 22.4 Å². The fourth-order valence-corrected chi connectivity index (χ4v) is 3.96. The van der Waals surface area contributed by atoms with Gasteiger partial charge in [-0.1, -0.05) is 47.6 Å². The Hall–Kier alpha value is -2.64. The molecule has 0 saturated carbocycles. The maximum atomic E-state index is 13.8. The largest absolute Gasteiger partial charge is 0.352 e. The molecule has 2 heterocycles. The number of amides is 1. The highest BCUT2D eigenvalue weighted by atomic mass is 35.5. The molecule has 0 bridgehead atoms. The molecule has 0 radical (unpaired) electrons. The van der Waals surface area contributed by atoms with E-state index in [4.69, 9.17) is 11.6 Å². The summed E-state index contributed by atoms with van der Waals surface area (Å²) in [6.45, 7) is 1.68. The Balaban J connectivity index is 1.37. The highest BCUT2D eigenvalue weighted by Gasteiger charge is 2.18. The zero-order valence-electron chi connectivity index (χ0n) is 15.4. The van der Waals surface area contributed by atoms with Crippen molar-refractivity contribution in [3.8, 4) is 0 Å². The molecule has 0 saturated heterocycles. The van der Waals surface area contributed by atoms with Crippen LogP contribution >= 0.6 is 23.4 Å². The molecule has 2 aromatic carbocycles. The molecule has 0 spiro atoms. The molecular formula is C21H18ClFN4OS. The van der Waals surface area contributed by atoms with Gasteiger partial charge in [-0.25, -0.2) is 14.4 Å². The standard InChI is InChI=1S/C21H18ClFN4OS/c22-16-5-6-18(17(23)11-16)25-20(28)13-29-21-24-9-7-19(26-21)27-10-8-14-3-1-2-4-15(14)12-27/h1-7,9,11H,8,10,12-13H2,(H,25,28). The van der Waals surface area contributed by atoms with Gasteiger partial charge in [-0.15, -0.1) is 0 Å². The number of carbonyl (C=O) groups is 1. The van der Waals surface area contributed by atoms with Crippen LogP contribution in [-0.2, 0) is 17.8 Å². The van der Waals surface area contributed by atoms with Crippen molar-refractivity contribution in [2.75, 3.05) is 22.5 Å². The topological polar surface area (TPSA) is 58.1 Å². The summed E-state index contributed by atoms with van der Waals surface area (Å²) in [5, 5.41) is 3.32. The van der Waals surface area contributed by atoms with E-state index in [0.29, 0.717) is 5.16 Å². The number of thioether (sulfide) groups is 1. The molecule has 8 heteroatoms. The first-order chi connectivity index (χ1) is 14.1. The number of halogens is 2. The van der Waals surface area contributed by atoms with Gasteiger partial charge >= 0.3 is 0 Å². The van der Waals surface area contributed by atoms with E-state index in [0.717, 1.165) is 31.4 Å². The Bertz CT molecular complexity index is 1050. The molecule has 0 atom stereocenters. The van der Waals surface area contributed by atoms with Crippen LogP contribution in [0.2, 0.25) is 5.02 Å². The first-order valence-electron chi connectivity index (χ1n) is 9.11. The second-order valence-corrected chi connectivity index (χ2v) is 7.98. The van der Waals surface area contributed by atoms with E-state index in [9.17, 15) is 9.18 Å². The molecule has 5 nitrogen and oxygen atoms in total. The number of hydrogen-bond donors (Lipinski definition) is 1. The number of hydrogen-bond acceptors (Lipinski definition) is 5. The lowest BCUT2D eigenvalue weighted by atomic mass is 10.00. The second-order valence-electron chi connectivity index (χ2n) is 6.60. The summed E-state index contributed by atoms with van der Waals surface area (Å²) >= 11 is 6.94. The molecule has 29 heavy (non-hydrogen) atoms. The summed E-state index contributed by atoms with van der Waals surface area (Å²) in [5.41, 5.74) is 2.77. The van der Waals surface area contributed by atoms with E-state index < -0.39 is 5.82 Å². The van der Waals surface area contributed by atoms with Crippen molar-refractivity contribution >= 4 is 40.8 Å². The maximum absolute atomic E-state index is 13.8. The maximum Gasteiger partial charge on any atom is 0.234 e. The highest BCUT2D eigenvalue weighted by Crippen LogP contribution is 2.25. The summed E-state index contributed by atoms with van der Waals surface area (Å²) in [6.07, 6.45) is 2.67. The van der Waals surface area contributed by atoms with Crippen molar-refractivity contribution in [3.63, 3.8) is 0 Å². The predicted molar refractivity (Wildman–Crippen MR) is 114 cm³/mol. The highest BCUT2D eigenvalue weighted by molar-refractivity contribution is 7.99. The van der Waals surface area contributed by atoms with E-state index in [1.54, 1.807) is 6.20 Å². The van der Waals surface area contributed by atoms with Crippen LogP contribution in [0.3, 0.4) is 0 Å². The van der Waals surface area contributed by atoms with Gasteiger partial charge in [-0.2, -0.15) is 0 Å². The third-order valence-electron chi connectivity index (χ3n) is 4.61. The predicted octanol–water partition coefficient (Wildman–Crippen LogP) is 4.56. The summed E-state index contributed by atoms with van der Waals surface area (Å²) in [4.78, 5) is 23.2. The van der Waals surface area contributed by atoms with Gasteiger partial charge in [0.1, 0.15) is 11.6 Å². The van der Waals surface area contributed by atoms with Crippen LogP contribution in [-0.4, -0.2) is 28.2 Å². The minimum Gasteiger partial charge on any atom is -0.352 e. The molecule has 1 aliphatic rings. The Morgan fingerprint density at radius 3 is 2.86 bits per heavy atom. The van der Waals surface area contributed by atoms with Crippen molar-refractivity contribution in [1.29, 1.82) is 0 Å². The fourth-order valence-electron chi connectivity index (χ4n) is 3.18. The molecule has 0 fully saturated rings. The Morgan fingerprint density at radius 1 is 1.21 bits per heavy atom. The average Bonchev–Trinajstić information content (AvgIpc) is 2.74. The second kappa shape index (κ2) is 8.80. The van der Waals surface area contributed by atoms with Crippen molar-refractivity contribution in [2.45, 2.75) is 18.1 Å². The molecule has 1 N–H and O–H groups in total. The van der Waals surface area contributed by atoms with Gasteiger partial charge in [0.15, 0.2) is 5.16 Å². The zero-order valence-corrected chi connectivity index (χ0v) is 17.0. The number of nitrogens with one attached hydrogen (secondary N) is 1. The Morgan fingerprint density at radius 2 is 2.03 bits per heavy atom. The lowest BCUT2D eigenvalue weighted by Gasteiger charge is -2.29. The lowest BCUT2D eigenvalue weighted by molar-refractivity contribution is -0.113. The molecule has 1 aliphatic heterocycles. The number of fused-ring (bicyclic) bond motifs is 1. The monoisotopic (exact) mass is 428 g/mol. The van der Waals surface area contributed by atoms with Gasteiger partial charge < -0.3 is 10.2 Å². The van der Waals surface area contributed by atoms with Crippen LogP contribution < -0.4 is 10.2 Å². The van der Waals surface area contributed by atoms with E-state index >= 15 is 0 Å². The quantitative estimate of drug-likeness (QED) is 0.476.